The summed E-state index contributed by atoms with van der Waals surface area (Å²) in [5, 5.41) is 8.53. The molecule has 0 radical (unpaired) electrons. The molecule has 0 aliphatic carbocycles. The maximum absolute atomic E-state index is 12.1. The highest BCUT2D eigenvalue weighted by Crippen LogP contribution is 2.18. The third-order valence-corrected chi connectivity index (χ3v) is 3.50. The summed E-state index contributed by atoms with van der Waals surface area (Å²) in [6.45, 7) is -0.379. The minimum atomic E-state index is -1.02. The topological polar surface area (TPSA) is 63.6 Å². The average molecular weight is 361 g/mol. The van der Waals surface area contributed by atoms with Crippen molar-refractivity contribution < 1.29 is 19.4 Å². The Labute approximate surface area is 136 Å². The summed E-state index contributed by atoms with van der Waals surface area (Å²) >= 11 is 3.34. The van der Waals surface area contributed by atoms with E-state index in [1.54, 1.807) is 42.5 Å². The fourth-order valence-electron chi connectivity index (χ4n) is 1.74. The Morgan fingerprint density at radius 2 is 1.77 bits per heavy atom. The van der Waals surface area contributed by atoms with Gasteiger partial charge in [-0.2, -0.15) is 0 Å². The zero-order valence-corrected chi connectivity index (χ0v) is 13.1. The summed E-state index contributed by atoms with van der Waals surface area (Å²) in [5.41, 5.74) is 1.42. The monoisotopic (exact) mass is 360 g/mol. The first kappa shape index (κ1) is 16.0. The van der Waals surface area contributed by atoms with E-state index in [-0.39, 0.29) is 12.4 Å². The van der Waals surface area contributed by atoms with Crippen LogP contribution in [0.25, 0.3) is 6.08 Å². The smallest absolute Gasteiger partial charge is 0.341 e. The van der Waals surface area contributed by atoms with E-state index >= 15 is 0 Å². The van der Waals surface area contributed by atoms with Gasteiger partial charge in [0.1, 0.15) is 5.75 Å². The Morgan fingerprint density at radius 3 is 2.41 bits per heavy atom. The van der Waals surface area contributed by atoms with Crippen LogP contribution in [-0.2, 0) is 4.79 Å². The largest absolute Gasteiger partial charge is 0.482 e. The van der Waals surface area contributed by atoms with Crippen LogP contribution in [0, 0.1) is 0 Å². The van der Waals surface area contributed by atoms with Crippen molar-refractivity contribution >= 4 is 33.8 Å². The normalized spacial score (nSPS) is 10.6. The molecule has 0 fully saturated rings. The molecule has 112 valence electrons. The quantitative estimate of drug-likeness (QED) is 0.628. The van der Waals surface area contributed by atoms with Crippen molar-refractivity contribution in [3.05, 3.63) is 70.2 Å². The number of aliphatic carboxylic acids is 1. The van der Waals surface area contributed by atoms with Crippen molar-refractivity contribution in [3.63, 3.8) is 0 Å². The van der Waals surface area contributed by atoms with Gasteiger partial charge in [-0.15, -0.1) is 0 Å². The molecular weight excluding hydrogens is 348 g/mol. The van der Waals surface area contributed by atoms with Crippen molar-refractivity contribution in [3.8, 4) is 5.75 Å². The van der Waals surface area contributed by atoms with Crippen molar-refractivity contribution in [2.45, 2.75) is 0 Å². The summed E-state index contributed by atoms with van der Waals surface area (Å²) in [5.74, 6) is -0.654. The summed E-state index contributed by atoms with van der Waals surface area (Å²) in [6, 6.07) is 14.0. The molecule has 0 atom stereocenters. The molecule has 0 aliphatic heterocycles. The van der Waals surface area contributed by atoms with Gasteiger partial charge in [0.25, 0.3) is 0 Å². The molecule has 0 spiro atoms. The van der Waals surface area contributed by atoms with Gasteiger partial charge < -0.3 is 9.84 Å². The second kappa shape index (κ2) is 7.56. The van der Waals surface area contributed by atoms with Gasteiger partial charge in [-0.05, 0) is 35.9 Å². The molecule has 0 saturated carbocycles. The molecule has 1 N–H and O–H groups in total. The molecule has 22 heavy (non-hydrogen) atoms. The number of carboxylic acids is 1. The second-order valence-electron chi connectivity index (χ2n) is 4.43. The zero-order chi connectivity index (χ0) is 15.9. The molecule has 4 nitrogen and oxygen atoms in total. The third-order valence-electron chi connectivity index (χ3n) is 2.81. The van der Waals surface area contributed by atoms with Gasteiger partial charge in [-0.1, -0.05) is 46.3 Å². The van der Waals surface area contributed by atoms with Gasteiger partial charge in [-0.3, -0.25) is 4.79 Å². The van der Waals surface area contributed by atoms with E-state index in [0.29, 0.717) is 11.3 Å². The van der Waals surface area contributed by atoms with Crippen LogP contribution in [0.15, 0.2) is 59.1 Å². The Kier molecular flexibility index (Phi) is 5.49. The number of allylic oxidation sites excluding steroid dienone is 1. The molecule has 2 aromatic carbocycles. The summed E-state index contributed by atoms with van der Waals surface area (Å²) < 4.78 is 5.79. The number of benzene rings is 2. The number of ether oxygens (including phenoxy) is 1. The number of halogens is 1. The number of hydrogen-bond donors (Lipinski definition) is 1. The summed E-state index contributed by atoms with van der Waals surface area (Å²) in [7, 11) is 0. The molecule has 0 heterocycles. The first-order chi connectivity index (χ1) is 10.6. The van der Waals surface area contributed by atoms with Crippen LogP contribution in [0.4, 0.5) is 0 Å². The van der Waals surface area contributed by atoms with Gasteiger partial charge in [0.15, 0.2) is 12.4 Å². The maximum atomic E-state index is 12.1. The van der Waals surface area contributed by atoms with Gasteiger partial charge in [0.05, 0.1) is 0 Å². The minimum absolute atomic E-state index is 0.0984. The average Bonchev–Trinajstić information content (AvgIpc) is 2.52. The Hall–Kier alpha value is -2.40. The lowest BCUT2D eigenvalue weighted by atomic mass is 10.1. The fraction of sp³-hybridized carbons (Fsp3) is 0.0588. The van der Waals surface area contributed by atoms with Crippen molar-refractivity contribution in [1.29, 1.82) is 0 Å². The first-order valence-electron chi connectivity index (χ1n) is 6.48. The number of carboxylic acid groups (broad SMARTS) is 1. The molecule has 5 heteroatoms. The van der Waals surface area contributed by atoms with Crippen molar-refractivity contribution in [2.75, 3.05) is 6.61 Å². The molecule has 2 aromatic rings. The summed E-state index contributed by atoms with van der Waals surface area (Å²) in [6.07, 6.45) is 3.19. The van der Waals surface area contributed by atoms with E-state index < -0.39 is 5.97 Å². The van der Waals surface area contributed by atoms with Crippen LogP contribution in [0.3, 0.4) is 0 Å². The van der Waals surface area contributed by atoms with Gasteiger partial charge in [0, 0.05) is 10.0 Å². The molecular formula is C17H13BrO4. The van der Waals surface area contributed by atoms with Gasteiger partial charge in [0.2, 0.25) is 0 Å². The van der Waals surface area contributed by atoms with E-state index in [2.05, 4.69) is 15.9 Å². The molecule has 0 aliphatic rings. The SMILES string of the molecule is O=C(O)COc1ccc(/C=C/C(=O)c2ccccc2Br)cc1. The van der Waals surface area contributed by atoms with E-state index in [1.165, 1.54) is 6.08 Å². The number of carbonyl (C=O) groups is 2. The Balaban J connectivity index is 2.02. The maximum Gasteiger partial charge on any atom is 0.341 e. The van der Waals surface area contributed by atoms with Crippen LogP contribution in [0.2, 0.25) is 0 Å². The predicted molar refractivity (Wildman–Crippen MR) is 87.1 cm³/mol. The molecule has 0 bridgehead atoms. The van der Waals surface area contributed by atoms with Crippen molar-refractivity contribution in [1.82, 2.24) is 0 Å². The number of carbonyl (C=O) groups excluding carboxylic acids is 1. The number of rotatable bonds is 6. The van der Waals surface area contributed by atoms with Crippen LogP contribution >= 0.6 is 15.9 Å². The highest BCUT2D eigenvalue weighted by molar-refractivity contribution is 9.10. The first-order valence-corrected chi connectivity index (χ1v) is 7.27. The number of ketones is 1. The van der Waals surface area contributed by atoms with E-state index in [9.17, 15) is 9.59 Å². The molecule has 0 aromatic heterocycles. The Morgan fingerprint density at radius 1 is 1.09 bits per heavy atom. The highest BCUT2D eigenvalue weighted by atomic mass is 79.9. The van der Waals surface area contributed by atoms with Crippen LogP contribution in [-0.4, -0.2) is 23.5 Å². The van der Waals surface area contributed by atoms with Gasteiger partial charge >= 0.3 is 5.97 Å². The zero-order valence-electron chi connectivity index (χ0n) is 11.5. The van der Waals surface area contributed by atoms with E-state index in [0.717, 1.165) is 10.0 Å². The fourth-order valence-corrected chi connectivity index (χ4v) is 2.22. The lowest BCUT2D eigenvalue weighted by Gasteiger charge is -2.03. The lowest BCUT2D eigenvalue weighted by molar-refractivity contribution is -0.139. The van der Waals surface area contributed by atoms with E-state index in [4.69, 9.17) is 9.84 Å². The number of hydrogen-bond acceptors (Lipinski definition) is 3. The van der Waals surface area contributed by atoms with Crippen molar-refractivity contribution in [2.24, 2.45) is 0 Å². The van der Waals surface area contributed by atoms with Crippen LogP contribution < -0.4 is 4.74 Å². The second-order valence-corrected chi connectivity index (χ2v) is 5.28. The lowest BCUT2D eigenvalue weighted by Crippen LogP contribution is -2.09. The molecule has 0 unspecified atom stereocenters. The van der Waals surface area contributed by atoms with E-state index in [1.807, 2.05) is 12.1 Å². The molecule has 0 saturated heterocycles. The summed E-state index contributed by atoms with van der Waals surface area (Å²) in [4.78, 5) is 22.5. The molecule has 2 rings (SSSR count). The third kappa shape index (κ3) is 4.56. The van der Waals surface area contributed by atoms with Crippen LogP contribution in [0.1, 0.15) is 15.9 Å². The predicted octanol–water partition coefficient (Wildman–Crippen LogP) is 3.81. The Bertz CT molecular complexity index is 705. The minimum Gasteiger partial charge on any atom is -0.482 e. The van der Waals surface area contributed by atoms with Gasteiger partial charge in [-0.25, -0.2) is 4.79 Å². The highest BCUT2D eigenvalue weighted by Gasteiger charge is 2.05. The molecule has 0 amide bonds. The standard InChI is InChI=1S/C17H13BrO4/c18-15-4-2-1-3-14(15)16(19)10-7-12-5-8-13(9-6-12)22-11-17(20)21/h1-10H,11H2,(H,20,21)/b10-7+. The van der Waals surface area contributed by atoms with Crippen LogP contribution in [0.5, 0.6) is 5.75 Å².